The molecule has 102 valence electrons. The van der Waals surface area contributed by atoms with Crippen LogP contribution in [-0.2, 0) is 16.2 Å². The van der Waals surface area contributed by atoms with E-state index in [9.17, 15) is 21.6 Å². The summed E-state index contributed by atoms with van der Waals surface area (Å²) in [7, 11) is -4.04. The van der Waals surface area contributed by atoms with Crippen LogP contribution < -0.4 is 4.90 Å². The minimum atomic E-state index is -4.60. The van der Waals surface area contributed by atoms with Crippen molar-refractivity contribution in [1.82, 2.24) is 0 Å². The number of sulfonamides is 1. The molecule has 0 spiro atoms. The monoisotopic (exact) mass is 290 g/mol. The van der Waals surface area contributed by atoms with E-state index in [1.807, 2.05) is 0 Å². The maximum absolute atomic E-state index is 13.0. The number of benzene rings is 1. The highest BCUT2D eigenvalue weighted by Gasteiger charge is 2.42. The Morgan fingerprint density at radius 3 is 2.53 bits per heavy atom. The van der Waals surface area contributed by atoms with Crippen LogP contribution in [0.15, 0.2) is 27.5 Å². The first-order valence-corrected chi connectivity index (χ1v) is 7.04. The lowest BCUT2D eigenvalue weighted by atomic mass is 10.1. The van der Waals surface area contributed by atoms with Crippen molar-refractivity contribution in [2.45, 2.75) is 30.0 Å². The van der Waals surface area contributed by atoms with Crippen molar-refractivity contribution in [3.63, 3.8) is 0 Å². The average molecular weight is 290 g/mol. The molecule has 1 aliphatic carbocycles. The van der Waals surface area contributed by atoms with E-state index in [1.165, 1.54) is 4.90 Å². The maximum Gasteiger partial charge on any atom is 0.418 e. The predicted octanol–water partition coefficient (Wildman–Crippen LogP) is 2.40. The van der Waals surface area contributed by atoms with E-state index in [1.54, 1.807) is 0 Å². The highest BCUT2D eigenvalue weighted by Crippen LogP contribution is 2.45. The number of rotatable bonds is 1. The van der Waals surface area contributed by atoms with Crippen LogP contribution in [0.5, 0.6) is 0 Å². The molecule has 1 aliphatic heterocycles. The first-order chi connectivity index (χ1) is 8.81. The number of anilines is 1. The molecule has 1 aromatic rings. The van der Waals surface area contributed by atoms with Crippen molar-refractivity contribution in [2.24, 2.45) is 4.40 Å². The van der Waals surface area contributed by atoms with Crippen molar-refractivity contribution in [3.05, 3.63) is 23.8 Å². The second kappa shape index (κ2) is 3.72. The van der Waals surface area contributed by atoms with Crippen molar-refractivity contribution in [2.75, 3.05) is 4.90 Å². The number of nitrogens with zero attached hydrogens (tertiary/aromatic N) is 2. The molecule has 19 heavy (non-hydrogen) atoms. The van der Waals surface area contributed by atoms with Crippen LogP contribution in [0.4, 0.5) is 18.9 Å². The highest BCUT2D eigenvalue weighted by molar-refractivity contribution is 7.90. The van der Waals surface area contributed by atoms with Gasteiger partial charge < -0.3 is 4.90 Å². The Bertz CT molecular complexity index is 663. The fourth-order valence-corrected chi connectivity index (χ4v) is 3.13. The van der Waals surface area contributed by atoms with E-state index >= 15 is 0 Å². The van der Waals surface area contributed by atoms with Gasteiger partial charge >= 0.3 is 6.18 Å². The lowest BCUT2D eigenvalue weighted by Gasteiger charge is -2.28. The number of alkyl halides is 3. The minimum Gasteiger partial charge on any atom is -0.327 e. The van der Waals surface area contributed by atoms with Crippen molar-refractivity contribution >= 4 is 22.0 Å². The molecule has 0 bridgehead atoms. The van der Waals surface area contributed by atoms with E-state index < -0.39 is 21.8 Å². The lowest BCUT2D eigenvalue weighted by Crippen LogP contribution is -2.31. The zero-order valence-corrected chi connectivity index (χ0v) is 10.4. The highest BCUT2D eigenvalue weighted by atomic mass is 32.2. The van der Waals surface area contributed by atoms with Crippen LogP contribution in [0.25, 0.3) is 0 Å². The molecule has 1 saturated carbocycles. The second-order valence-electron chi connectivity index (χ2n) is 4.48. The summed E-state index contributed by atoms with van der Waals surface area (Å²) in [6.45, 7) is 0. The summed E-state index contributed by atoms with van der Waals surface area (Å²) in [4.78, 5) is 0.941. The molecule has 0 saturated heterocycles. The largest absolute Gasteiger partial charge is 0.418 e. The molecular weight excluding hydrogens is 281 g/mol. The van der Waals surface area contributed by atoms with Gasteiger partial charge in [0.05, 0.1) is 11.3 Å². The fourth-order valence-electron chi connectivity index (χ4n) is 2.08. The van der Waals surface area contributed by atoms with E-state index in [-0.39, 0.29) is 16.6 Å². The molecule has 0 unspecified atom stereocenters. The molecule has 1 fully saturated rings. The predicted molar refractivity (Wildman–Crippen MR) is 62.6 cm³/mol. The van der Waals surface area contributed by atoms with Gasteiger partial charge in [0.15, 0.2) is 0 Å². The molecule has 0 atom stereocenters. The standard InChI is InChI=1S/C11H9F3N2O2S/c12-11(13,14)8-2-1-3-9-10(8)16(7-4-5-7)6-15-19(9,17)18/h1-3,6-7H,4-5H2. The topological polar surface area (TPSA) is 49.7 Å². The van der Waals surface area contributed by atoms with Gasteiger partial charge in [-0.25, -0.2) is 0 Å². The lowest BCUT2D eigenvalue weighted by molar-refractivity contribution is -0.137. The molecule has 1 aromatic carbocycles. The molecular formula is C11H9F3N2O2S. The molecule has 1 heterocycles. The van der Waals surface area contributed by atoms with Gasteiger partial charge in [-0.2, -0.15) is 21.6 Å². The summed E-state index contributed by atoms with van der Waals surface area (Å²) >= 11 is 0. The Labute approximate surface area is 107 Å². The normalized spacial score (nSPS) is 21.3. The zero-order valence-electron chi connectivity index (χ0n) is 9.55. The van der Waals surface area contributed by atoms with Gasteiger partial charge in [-0.3, -0.25) is 0 Å². The van der Waals surface area contributed by atoms with Gasteiger partial charge in [0, 0.05) is 6.04 Å². The minimum absolute atomic E-state index is 0.0958. The third-order valence-corrected chi connectivity index (χ3v) is 4.35. The van der Waals surface area contributed by atoms with E-state index in [0.717, 1.165) is 37.4 Å². The number of fused-ring (bicyclic) bond motifs is 1. The van der Waals surface area contributed by atoms with Crippen LogP contribution in [0.2, 0.25) is 0 Å². The van der Waals surface area contributed by atoms with Crippen molar-refractivity contribution < 1.29 is 21.6 Å². The quantitative estimate of drug-likeness (QED) is 0.798. The Morgan fingerprint density at radius 2 is 1.95 bits per heavy atom. The molecule has 4 nitrogen and oxygen atoms in total. The molecule has 3 rings (SSSR count). The smallest absolute Gasteiger partial charge is 0.327 e. The summed E-state index contributed by atoms with van der Waals surface area (Å²) in [5, 5.41) is 0. The van der Waals surface area contributed by atoms with Crippen LogP contribution in [0.3, 0.4) is 0 Å². The van der Waals surface area contributed by atoms with Crippen LogP contribution >= 0.6 is 0 Å². The van der Waals surface area contributed by atoms with E-state index in [0.29, 0.717) is 0 Å². The number of hydrogen-bond donors (Lipinski definition) is 0. The first kappa shape index (κ1) is 12.5. The Balaban J connectivity index is 2.28. The van der Waals surface area contributed by atoms with Crippen LogP contribution in [-0.4, -0.2) is 20.8 Å². The summed E-state index contributed by atoms with van der Waals surface area (Å²) in [5.74, 6) is 0. The molecule has 0 amide bonds. The molecule has 2 aliphatic rings. The van der Waals surface area contributed by atoms with Gasteiger partial charge in [-0.15, -0.1) is 4.40 Å². The molecule has 8 heteroatoms. The molecule has 0 N–H and O–H groups in total. The third kappa shape index (κ3) is 1.99. The Morgan fingerprint density at radius 1 is 1.26 bits per heavy atom. The summed E-state index contributed by atoms with van der Waals surface area (Å²) in [6.07, 6.45) is -2.14. The number of para-hydroxylation sites is 1. The zero-order chi connectivity index (χ0) is 13.8. The maximum atomic E-state index is 13.0. The Hall–Kier alpha value is -1.57. The number of halogens is 3. The Kier molecular flexibility index (Phi) is 2.44. The van der Waals surface area contributed by atoms with E-state index in [2.05, 4.69) is 4.40 Å². The second-order valence-corrected chi connectivity index (χ2v) is 6.09. The fraction of sp³-hybridized carbons (Fsp3) is 0.364. The van der Waals surface area contributed by atoms with Crippen LogP contribution in [0.1, 0.15) is 18.4 Å². The van der Waals surface area contributed by atoms with E-state index in [4.69, 9.17) is 0 Å². The van der Waals surface area contributed by atoms with Gasteiger partial charge in [0.2, 0.25) is 0 Å². The summed E-state index contributed by atoms with van der Waals surface area (Å²) in [5.41, 5.74) is -1.24. The van der Waals surface area contributed by atoms with Crippen LogP contribution in [0, 0.1) is 0 Å². The van der Waals surface area contributed by atoms with Crippen molar-refractivity contribution in [1.29, 1.82) is 0 Å². The van der Waals surface area contributed by atoms with Gasteiger partial charge in [0.25, 0.3) is 10.0 Å². The average Bonchev–Trinajstić information content (AvgIpc) is 3.11. The summed E-state index contributed by atoms with van der Waals surface area (Å²) in [6, 6.07) is 3.04. The van der Waals surface area contributed by atoms with Gasteiger partial charge in [-0.05, 0) is 25.0 Å². The van der Waals surface area contributed by atoms with Gasteiger partial charge in [-0.1, -0.05) is 6.07 Å². The SMILES string of the molecule is O=S1(=O)N=CN(C2CC2)c2c(C(F)(F)F)cccc21. The summed E-state index contributed by atoms with van der Waals surface area (Å²) < 4.78 is 65.9. The van der Waals surface area contributed by atoms with Gasteiger partial charge in [0.1, 0.15) is 11.2 Å². The van der Waals surface area contributed by atoms with Crippen molar-refractivity contribution in [3.8, 4) is 0 Å². The third-order valence-electron chi connectivity index (χ3n) is 3.09. The molecule has 0 radical (unpaired) electrons. The number of hydrogen-bond acceptors (Lipinski definition) is 3. The first-order valence-electron chi connectivity index (χ1n) is 5.60. The molecule has 0 aromatic heterocycles.